The Bertz CT molecular complexity index is 1070. The predicted octanol–water partition coefficient (Wildman–Crippen LogP) is 5.41. The first kappa shape index (κ1) is 29.5. The summed E-state index contributed by atoms with van der Waals surface area (Å²) < 4.78 is 17.6. The molecule has 2 heterocycles. The molecular formula is C27H38N4O6. The van der Waals surface area contributed by atoms with E-state index >= 15 is 0 Å². The topological polar surface area (TPSA) is 113 Å². The molecule has 2 aromatic rings. The number of amides is 2. The van der Waals surface area contributed by atoms with E-state index in [4.69, 9.17) is 14.2 Å². The summed E-state index contributed by atoms with van der Waals surface area (Å²) in [7, 11) is 1.30. The van der Waals surface area contributed by atoms with Crippen LogP contribution in [-0.4, -0.2) is 62.4 Å². The van der Waals surface area contributed by atoms with Crippen LogP contribution in [0.3, 0.4) is 0 Å². The van der Waals surface area contributed by atoms with Gasteiger partial charge >= 0.3 is 18.2 Å². The summed E-state index contributed by atoms with van der Waals surface area (Å²) in [4.78, 5) is 48.0. The lowest BCUT2D eigenvalue weighted by atomic mass is 9.99. The number of rotatable bonds is 8. The number of carbonyl (C=O) groups is 3. The van der Waals surface area contributed by atoms with Gasteiger partial charge < -0.3 is 14.2 Å². The Balaban J connectivity index is 2.29. The third-order valence-electron chi connectivity index (χ3n) is 5.08. The smallest absolute Gasteiger partial charge is 0.419 e. The number of imide groups is 1. The van der Waals surface area contributed by atoms with E-state index in [9.17, 15) is 14.4 Å². The van der Waals surface area contributed by atoms with Crippen LogP contribution in [0.25, 0.3) is 11.4 Å². The molecule has 0 aliphatic heterocycles. The highest BCUT2D eigenvalue weighted by Gasteiger charge is 2.32. The molecule has 0 N–H and O–H groups in total. The molecule has 0 radical (unpaired) electrons. The molecule has 0 aromatic carbocycles. The fourth-order valence-electron chi connectivity index (χ4n) is 3.27. The van der Waals surface area contributed by atoms with E-state index in [0.29, 0.717) is 24.4 Å². The molecule has 10 heteroatoms. The van der Waals surface area contributed by atoms with Crippen molar-refractivity contribution in [2.45, 2.75) is 72.5 Å². The molecule has 0 aliphatic rings. The fraction of sp³-hybridized carbons (Fsp3) is 0.519. The minimum absolute atomic E-state index is 0.0493. The van der Waals surface area contributed by atoms with Gasteiger partial charge in [-0.3, -0.25) is 4.57 Å². The normalized spacial score (nSPS) is 13.0. The zero-order valence-corrected chi connectivity index (χ0v) is 23.0. The van der Waals surface area contributed by atoms with E-state index in [0.717, 1.165) is 4.90 Å². The van der Waals surface area contributed by atoms with Crippen molar-refractivity contribution in [3.8, 4) is 5.82 Å². The van der Waals surface area contributed by atoms with Crippen LogP contribution >= 0.6 is 0 Å². The maximum atomic E-state index is 12.9. The molecule has 0 saturated carbocycles. The summed E-state index contributed by atoms with van der Waals surface area (Å²) >= 11 is 0. The third kappa shape index (κ3) is 9.36. The standard InChI is InChI=1S/C27H38N4O6/c1-9-19(16-31(24(33)36-26(2,3)4)25(34)37-27(5,6)7)13-14-20(23(32)35-8)21-17-30(18-29-21)22-12-10-11-15-28-22/h10-12,14-15,17-19H,9,13,16H2,1-8H3/t19-/m1/s1. The van der Waals surface area contributed by atoms with Crippen molar-refractivity contribution in [1.29, 1.82) is 0 Å². The van der Waals surface area contributed by atoms with E-state index in [1.54, 1.807) is 70.9 Å². The Hall–Kier alpha value is -3.69. The number of imidazole rings is 1. The average Bonchev–Trinajstić information content (AvgIpc) is 3.29. The maximum absolute atomic E-state index is 12.9. The lowest BCUT2D eigenvalue weighted by molar-refractivity contribution is -0.133. The van der Waals surface area contributed by atoms with Crippen molar-refractivity contribution in [2.24, 2.45) is 5.92 Å². The van der Waals surface area contributed by atoms with Crippen LogP contribution in [0, 0.1) is 5.92 Å². The highest BCUT2D eigenvalue weighted by molar-refractivity contribution is 6.15. The molecule has 1 atom stereocenters. The number of methoxy groups -OCH3 is 1. The third-order valence-corrected chi connectivity index (χ3v) is 5.08. The molecule has 10 nitrogen and oxygen atoms in total. The summed E-state index contributed by atoms with van der Waals surface area (Å²) in [6.45, 7) is 12.4. The maximum Gasteiger partial charge on any atom is 0.419 e. The number of ether oxygens (including phenoxy) is 3. The second kappa shape index (κ2) is 12.5. The van der Waals surface area contributed by atoms with Crippen molar-refractivity contribution < 1.29 is 28.6 Å². The van der Waals surface area contributed by atoms with Gasteiger partial charge in [0.1, 0.15) is 23.3 Å². The van der Waals surface area contributed by atoms with Gasteiger partial charge in [0.25, 0.3) is 0 Å². The molecule has 0 bridgehead atoms. The van der Waals surface area contributed by atoms with Crippen LogP contribution < -0.4 is 0 Å². The van der Waals surface area contributed by atoms with Crippen molar-refractivity contribution in [3.63, 3.8) is 0 Å². The van der Waals surface area contributed by atoms with Gasteiger partial charge in [-0.1, -0.05) is 25.5 Å². The fourth-order valence-corrected chi connectivity index (χ4v) is 3.27. The quantitative estimate of drug-likeness (QED) is 0.261. The van der Waals surface area contributed by atoms with Crippen molar-refractivity contribution >= 4 is 23.7 Å². The summed E-state index contributed by atoms with van der Waals surface area (Å²) in [6.07, 6.45) is 6.07. The first-order chi connectivity index (χ1) is 17.2. The van der Waals surface area contributed by atoms with Gasteiger partial charge in [0.15, 0.2) is 0 Å². The van der Waals surface area contributed by atoms with Crippen LogP contribution in [0.5, 0.6) is 0 Å². The lowest BCUT2D eigenvalue weighted by Crippen LogP contribution is -2.45. The number of hydrogen-bond acceptors (Lipinski definition) is 8. The molecule has 0 saturated heterocycles. The molecule has 0 unspecified atom stereocenters. The van der Waals surface area contributed by atoms with Gasteiger partial charge in [-0.25, -0.2) is 29.3 Å². The summed E-state index contributed by atoms with van der Waals surface area (Å²) in [6, 6.07) is 5.48. The zero-order valence-electron chi connectivity index (χ0n) is 23.0. The molecule has 2 amide bonds. The number of aromatic nitrogens is 3. The van der Waals surface area contributed by atoms with Crippen LogP contribution in [0.4, 0.5) is 9.59 Å². The average molecular weight is 515 g/mol. The van der Waals surface area contributed by atoms with E-state index < -0.39 is 29.4 Å². The number of esters is 1. The summed E-state index contributed by atoms with van der Waals surface area (Å²) in [5.41, 5.74) is -0.882. The van der Waals surface area contributed by atoms with Gasteiger partial charge in [0, 0.05) is 18.9 Å². The van der Waals surface area contributed by atoms with Crippen LogP contribution in [-0.2, 0) is 19.0 Å². The Morgan fingerprint density at radius 1 is 1.03 bits per heavy atom. The number of carbonyl (C=O) groups excluding carboxylic acids is 3. The molecule has 0 aliphatic carbocycles. The molecule has 2 rings (SSSR count). The number of allylic oxidation sites excluding steroid dienone is 1. The van der Waals surface area contributed by atoms with Gasteiger partial charge in [-0.2, -0.15) is 0 Å². The molecule has 37 heavy (non-hydrogen) atoms. The van der Waals surface area contributed by atoms with E-state index in [1.807, 2.05) is 25.1 Å². The lowest BCUT2D eigenvalue weighted by Gasteiger charge is -2.30. The van der Waals surface area contributed by atoms with Gasteiger partial charge in [-0.15, -0.1) is 0 Å². The van der Waals surface area contributed by atoms with Crippen molar-refractivity contribution in [1.82, 2.24) is 19.4 Å². The van der Waals surface area contributed by atoms with E-state index in [2.05, 4.69) is 9.97 Å². The number of nitrogens with zero attached hydrogens (tertiary/aromatic N) is 4. The highest BCUT2D eigenvalue weighted by Crippen LogP contribution is 2.22. The van der Waals surface area contributed by atoms with Crippen LogP contribution in [0.1, 0.15) is 67.0 Å². The zero-order chi connectivity index (χ0) is 27.8. The van der Waals surface area contributed by atoms with E-state index in [1.165, 1.54) is 7.11 Å². The Morgan fingerprint density at radius 3 is 2.14 bits per heavy atom. The molecule has 202 valence electrons. The highest BCUT2D eigenvalue weighted by atomic mass is 16.6. The van der Waals surface area contributed by atoms with E-state index in [-0.39, 0.29) is 18.0 Å². The predicted molar refractivity (Wildman–Crippen MR) is 139 cm³/mol. The van der Waals surface area contributed by atoms with Crippen molar-refractivity contribution in [3.05, 3.63) is 48.7 Å². The Kier molecular flexibility index (Phi) is 9.99. The van der Waals surface area contributed by atoms with Gasteiger partial charge in [0.05, 0.1) is 18.4 Å². The SMILES string of the molecule is CC[C@H](CC=C(C(=O)OC)c1cn(-c2ccccn2)cn1)CN(C(=O)OC(C)(C)C)C(=O)OC(C)(C)C. The van der Waals surface area contributed by atoms with Crippen LogP contribution in [0.2, 0.25) is 0 Å². The molecule has 0 spiro atoms. The largest absolute Gasteiger partial charge is 0.465 e. The second-order valence-electron chi connectivity index (χ2n) is 10.5. The Labute approximate surface area is 218 Å². The monoisotopic (exact) mass is 514 g/mol. The van der Waals surface area contributed by atoms with Gasteiger partial charge in [-0.05, 0) is 66.0 Å². The minimum Gasteiger partial charge on any atom is -0.465 e. The number of pyridine rings is 1. The summed E-state index contributed by atoms with van der Waals surface area (Å²) in [5, 5.41) is 0. The van der Waals surface area contributed by atoms with Gasteiger partial charge in [0.2, 0.25) is 0 Å². The molecule has 0 fully saturated rings. The Morgan fingerprint density at radius 2 is 1.65 bits per heavy atom. The van der Waals surface area contributed by atoms with Crippen LogP contribution in [0.15, 0.2) is 43.0 Å². The molecule has 2 aromatic heterocycles. The first-order valence-corrected chi connectivity index (χ1v) is 12.2. The number of hydrogen-bond donors (Lipinski definition) is 0. The van der Waals surface area contributed by atoms with Crippen molar-refractivity contribution in [2.75, 3.05) is 13.7 Å². The second-order valence-corrected chi connectivity index (χ2v) is 10.5. The minimum atomic E-state index is -0.788. The first-order valence-electron chi connectivity index (χ1n) is 12.2. The molecular weight excluding hydrogens is 476 g/mol. The summed E-state index contributed by atoms with van der Waals surface area (Å²) in [5.74, 6) is -0.0721.